The fourth-order valence-electron chi connectivity index (χ4n) is 2.80. The summed E-state index contributed by atoms with van der Waals surface area (Å²) in [4.78, 5) is 18.6. The van der Waals surface area contributed by atoms with Crippen molar-refractivity contribution < 1.29 is 9.53 Å². The molecule has 2 aliphatic rings. The summed E-state index contributed by atoms with van der Waals surface area (Å²) in [7, 11) is 0. The average Bonchev–Trinajstić information content (AvgIpc) is 3.26. The van der Waals surface area contributed by atoms with Crippen LogP contribution in [0.25, 0.3) is 0 Å². The second-order valence-corrected chi connectivity index (χ2v) is 7.96. The number of hydrogen-bond donors (Lipinski definition) is 2. The predicted molar refractivity (Wildman–Crippen MR) is 92.3 cm³/mol. The number of nitrogens with one attached hydrogen (secondary N) is 1. The molecule has 1 saturated carbocycles. The minimum atomic E-state index is -0.481. The molecule has 0 radical (unpaired) electrons. The molecule has 1 unspecified atom stereocenters. The van der Waals surface area contributed by atoms with Crippen molar-refractivity contribution in [2.24, 2.45) is 22.6 Å². The molecule has 2 fully saturated rings. The Morgan fingerprint density at radius 3 is 2.43 bits per heavy atom. The third kappa shape index (κ3) is 6.28. The van der Waals surface area contributed by atoms with Crippen LogP contribution in [0.15, 0.2) is 4.99 Å². The molecule has 0 spiro atoms. The summed E-state index contributed by atoms with van der Waals surface area (Å²) in [6, 6.07) is 0.0205. The highest BCUT2D eigenvalue weighted by Gasteiger charge is 2.33. The van der Waals surface area contributed by atoms with Gasteiger partial charge < -0.3 is 20.7 Å². The highest BCUT2D eigenvalue weighted by molar-refractivity contribution is 5.78. The van der Waals surface area contributed by atoms with E-state index in [4.69, 9.17) is 10.5 Å². The number of guanidine groups is 1. The Labute approximate surface area is 139 Å². The number of nitrogens with two attached hydrogens (primary N) is 1. The summed E-state index contributed by atoms with van der Waals surface area (Å²) in [5.74, 6) is 1.88. The number of likely N-dealkylation sites (tertiary alicyclic amines) is 1. The molecule has 2 rings (SSSR count). The lowest BCUT2D eigenvalue weighted by atomic mass is 10.00. The number of aliphatic imine (C=N–C) groups is 1. The van der Waals surface area contributed by atoms with Crippen LogP contribution < -0.4 is 11.1 Å². The molecule has 0 aromatic heterocycles. The van der Waals surface area contributed by atoms with E-state index in [9.17, 15) is 4.79 Å². The van der Waals surface area contributed by atoms with Crippen LogP contribution in [0.4, 0.5) is 4.79 Å². The van der Waals surface area contributed by atoms with Gasteiger partial charge in [0.1, 0.15) is 5.60 Å². The second-order valence-electron chi connectivity index (χ2n) is 7.96. The first-order valence-corrected chi connectivity index (χ1v) is 8.79. The Kier molecular flexibility index (Phi) is 5.76. The molecule has 6 heteroatoms. The zero-order chi connectivity index (χ0) is 17.0. The molecule has 23 heavy (non-hydrogen) atoms. The summed E-state index contributed by atoms with van der Waals surface area (Å²) in [5, 5.41) is 2.96. The van der Waals surface area contributed by atoms with Crippen LogP contribution in [0.1, 0.15) is 53.4 Å². The fraction of sp³-hybridized carbons (Fsp3) is 0.882. The summed E-state index contributed by atoms with van der Waals surface area (Å²) in [5.41, 5.74) is 5.65. The SMILES string of the molecule is CC1CCN(C(N)=NCC(NC(=O)OC(C)(C)C)C2CC2)CC1. The Morgan fingerprint density at radius 1 is 1.30 bits per heavy atom. The van der Waals surface area contributed by atoms with Gasteiger partial charge in [-0.3, -0.25) is 4.99 Å². The molecule has 132 valence electrons. The summed E-state index contributed by atoms with van der Waals surface area (Å²) < 4.78 is 5.34. The lowest BCUT2D eigenvalue weighted by Gasteiger charge is -2.31. The van der Waals surface area contributed by atoms with Gasteiger partial charge in [-0.1, -0.05) is 6.92 Å². The van der Waals surface area contributed by atoms with E-state index < -0.39 is 5.60 Å². The smallest absolute Gasteiger partial charge is 0.407 e. The van der Waals surface area contributed by atoms with Crippen molar-refractivity contribution in [2.75, 3.05) is 19.6 Å². The van der Waals surface area contributed by atoms with Crippen molar-refractivity contribution in [2.45, 2.75) is 65.0 Å². The van der Waals surface area contributed by atoms with Crippen LogP contribution in [0.5, 0.6) is 0 Å². The van der Waals surface area contributed by atoms with Gasteiger partial charge in [-0.05, 0) is 58.3 Å². The van der Waals surface area contributed by atoms with Gasteiger partial charge in [0.15, 0.2) is 5.96 Å². The van der Waals surface area contributed by atoms with Gasteiger partial charge >= 0.3 is 6.09 Å². The molecule has 0 aromatic rings. The maximum atomic E-state index is 12.0. The van der Waals surface area contributed by atoms with E-state index in [2.05, 4.69) is 22.1 Å². The molecule has 1 amide bonds. The molecular formula is C17H32N4O2. The predicted octanol–water partition coefficient (Wildman–Crippen LogP) is 2.34. The Morgan fingerprint density at radius 2 is 1.91 bits per heavy atom. The monoisotopic (exact) mass is 324 g/mol. The quantitative estimate of drug-likeness (QED) is 0.614. The zero-order valence-electron chi connectivity index (χ0n) is 15.0. The third-order valence-corrected chi connectivity index (χ3v) is 4.45. The average molecular weight is 324 g/mol. The molecule has 6 nitrogen and oxygen atoms in total. The van der Waals surface area contributed by atoms with Crippen molar-refractivity contribution in [3.8, 4) is 0 Å². The van der Waals surface area contributed by atoms with E-state index in [-0.39, 0.29) is 12.1 Å². The number of hydrogen-bond acceptors (Lipinski definition) is 3. The normalized spacial score (nSPS) is 21.9. The molecule has 1 heterocycles. The van der Waals surface area contributed by atoms with Gasteiger partial charge in [0, 0.05) is 13.1 Å². The second kappa shape index (κ2) is 7.41. The number of nitrogens with zero attached hydrogens (tertiary/aromatic N) is 2. The number of amides is 1. The van der Waals surface area contributed by atoms with E-state index in [0.717, 1.165) is 31.8 Å². The molecular weight excluding hydrogens is 292 g/mol. The minimum absolute atomic E-state index is 0.0205. The number of carbonyl (C=O) groups excluding carboxylic acids is 1. The van der Waals surface area contributed by atoms with E-state index in [1.807, 2.05) is 20.8 Å². The van der Waals surface area contributed by atoms with Crippen LogP contribution in [-0.4, -0.2) is 48.2 Å². The molecule has 1 saturated heterocycles. The van der Waals surface area contributed by atoms with Crippen molar-refractivity contribution in [3.63, 3.8) is 0 Å². The van der Waals surface area contributed by atoms with Crippen molar-refractivity contribution >= 4 is 12.1 Å². The van der Waals surface area contributed by atoms with E-state index in [1.165, 1.54) is 12.8 Å². The van der Waals surface area contributed by atoms with Crippen LogP contribution in [0, 0.1) is 11.8 Å². The lowest BCUT2D eigenvalue weighted by molar-refractivity contribution is 0.0500. The summed E-state index contributed by atoms with van der Waals surface area (Å²) in [6.07, 6.45) is 4.24. The highest BCUT2D eigenvalue weighted by atomic mass is 16.6. The van der Waals surface area contributed by atoms with E-state index in [0.29, 0.717) is 18.4 Å². The van der Waals surface area contributed by atoms with Crippen LogP contribution in [-0.2, 0) is 4.74 Å². The molecule has 0 bridgehead atoms. The van der Waals surface area contributed by atoms with E-state index in [1.54, 1.807) is 0 Å². The van der Waals surface area contributed by atoms with Gasteiger partial charge in [0.05, 0.1) is 12.6 Å². The van der Waals surface area contributed by atoms with Gasteiger partial charge in [-0.15, -0.1) is 0 Å². The van der Waals surface area contributed by atoms with Gasteiger partial charge in [0.2, 0.25) is 0 Å². The number of alkyl carbamates (subject to hydrolysis) is 1. The maximum absolute atomic E-state index is 12.0. The third-order valence-electron chi connectivity index (χ3n) is 4.45. The summed E-state index contributed by atoms with van der Waals surface area (Å²) >= 11 is 0. The summed E-state index contributed by atoms with van der Waals surface area (Å²) in [6.45, 7) is 10.4. The topological polar surface area (TPSA) is 80.0 Å². The fourth-order valence-corrected chi connectivity index (χ4v) is 2.80. The van der Waals surface area contributed by atoms with Crippen LogP contribution >= 0.6 is 0 Å². The van der Waals surface area contributed by atoms with E-state index >= 15 is 0 Å². The first kappa shape index (κ1) is 17.9. The molecule has 3 N–H and O–H groups in total. The molecule has 0 aromatic carbocycles. The van der Waals surface area contributed by atoms with Crippen molar-refractivity contribution in [3.05, 3.63) is 0 Å². The maximum Gasteiger partial charge on any atom is 0.407 e. The first-order valence-electron chi connectivity index (χ1n) is 8.79. The standard InChI is InChI=1S/C17H32N4O2/c1-12-7-9-21(10-8-12)15(18)19-11-14(13-5-6-13)20-16(22)23-17(2,3)4/h12-14H,5-11H2,1-4H3,(H2,18,19)(H,20,22). The lowest BCUT2D eigenvalue weighted by Crippen LogP contribution is -2.45. The van der Waals surface area contributed by atoms with Gasteiger partial charge in [-0.25, -0.2) is 4.79 Å². The Hall–Kier alpha value is -1.46. The van der Waals surface area contributed by atoms with Gasteiger partial charge in [0.25, 0.3) is 0 Å². The number of ether oxygens (including phenoxy) is 1. The number of piperidine rings is 1. The Balaban J connectivity index is 1.84. The minimum Gasteiger partial charge on any atom is -0.444 e. The van der Waals surface area contributed by atoms with Crippen molar-refractivity contribution in [1.29, 1.82) is 0 Å². The van der Waals surface area contributed by atoms with Crippen LogP contribution in [0.2, 0.25) is 0 Å². The molecule has 1 aliphatic heterocycles. The first-order chi connectivity index (χ1) is 10.7. The largest absolute Gasteiger partial charge is 0.444 e. The molecule has 1 aliphatic carbocycles. The number of rotatable bonds is 4. The molecule has 1 atom stereocenters. The zero-order valence-corrected chi connectivity index (χ0v) is 15.0. The number of carbonyl (C=O) groups is 1. The highest BCUT2D eigenvalue weighted by Crippen LogP contribution is 2.33. The Bertz CT molecular complexity index is 432. The van der Waals surface area contributed by atoms with Crippen molar-refractivity contribution in [1.82, 2.24) is 10.2 Å². The van der Waals surface area contributed by atoms with Gasteiger partial charge in [-0.2, -0.15) is 0 Å². The van der Waals surface area contributed by atoms with Crippen LogP contribution in [0.3, 0.4) is 0 Å².